The summed E-state index contributed by atoms with van der Waals surface area (Å²) in [5, 5.41) is 17.7. The maximum absolute atomic E-state index is 12.7. The summed E-state index contributed by atoms with van der Waals surface area (Å²) in [4.78, 5) is 28.6. The molecule has 1 aromatic carbocycles. The van der Waals surface area contributed by atoms with E-state index in [1.165, 1.54) is 11.3 Å². The number of thiazole rings is 1. The SMILES string of the molecule is Cc1ccnc(Nc2cccc(-c3cnc(COCC(=O)N4C[C@H](NCc5ccccc5)[C@@H](O)C4)s3)n2)c1. The molecule has 3 N–H and O–H groups in total. The first-order chi connectivity index (χ1) is 18.5. The number of ether oxygens (including phenoxy) is 1. The number of likely N-dealkylation sites (tertiary alicyclic amines) is 1. The van der Waals surface area contributed by atoms with Crippen LogP contribution in [0.1, 0.15) is 16.1 Å². The second-order valence-corrected chi connectivity index (χ2v) is 10.3. The van der Waals surface area contributed by atoms with Crippen molar-refractivity contribution in [3.63, 3.8) is 0 Å². The van der Waals surface area contributed by atoms with Crippen molar-refractivity contribution in [1.29, 1.82) is 0 Å². The third-order valence-electron chi connectivity index (χ3n) is 6.23. The Balaban J connectivity index is 1.09. The van der Waals surface area contributed by atoms with Gasteiger partial charge in [-0.05, 0) is 42.3 Å². The molecule has 4 aromatic rings. The van der Waals surface area contributed by atoms with Gasteiger partial charge in [0.15, 0.2) is 0 Å². The molecule has 196 valence electrons. The minimum absolute atomic E-state index is 0.0613. The van der Waals surface area contributed by atoms with Gasteiger partial charge in [0.05, 0.1) is 29.3 Å². The van der Waals surface area contributed by atoms with E-state index in [1.54, 1.807) is 17.3 Å². The lowest BCUT2D eigenvalue weighted by molar-refractivity contribution is -0.135. The topological polar surface area (TPSA) is 113 Å². The summed E-state index contributed by atoms with van der Waals surface area (Å²) in [6.07, 6.45) is 2.92. The van der Waals surface area contributed by atoms with Gasteiger partial charge in [-0.15, -0.1) is 11.3 Å². The third-order valence-corrected chi connectivity index (χ3v) is 7.22. The Labute approximate surface area is 225 Å². The number of aryl methyl sites for hydroxylation is 1. The number of aliphatic hydroxyl groups is 1. The third kappa shape index (κ3) is 6.78. The van der Waals surface area contributed by atoms with Crippen molar-refractivity contribution < 1.29 is 14.6 Å². The zero-order valence-corrected chi connectivity index (χ0v) is 21.9. The van der Waals surface area contributed by atoms with Crippen molar-refractivity contribution in [1.82, 2.24) is 25.2 Å². The van der Waals surface area contributed by atoms with Crippen molar-refractivity contribution in [3.05, 3.63) is 89.2 Å². The van der Waals surface area contributed by atoms with Crippen LogP contribution < -0.4 is 10.6 Å². The molecule has 10 heteroatoms. The monoisotopic (exact) mass is 530 g/mol. The Morgan fingerprint density at radius 1 is 1.11 bits per heavy atom. The number of nitrogens with one attached hydrogen (secondary N) is 2. The average Bonchev–Trinajstić information content (AvgIpc) is 3.55. The highest BCUT2D eigenvalue weighted by molar-refractivity contribution is 7.15. The summed E-state index contributed by atoms with van der Waals surface area (Å²) >= 11 is 1.48. The number of carbonyl (C=O) groups excluding carboxylic acids is 1. The molecule has 2 atom stereocenters. The molecule has 1 fully saturated rings. The molecule has 1 saturated heterocycles. The summed E-state index contributed by atoms with van der Waals surface area (Å²) in [5.41, 5.74) is 3.05. The largest absolute Gasteiger partial charge is 0.390 e. The Hall–Kier alpha value is -3.70. The number of amides is 1. The molecule has 0 saturated carbocycles. The highest BCUT2D eigenvalue weighted by atomic mass is 32.1. The van der Waals surface area contributed by atoms with Crippen LogP contribution in [-0.4, -0.2) is 62.7 Å². The van der Waals surface area contributed by atoms with Gasteiger partial charge in [0, 0.05) is 32.0 Å². The van der Waals surface area contributed by atoms with Crippen molar-refractivity contribution in [2.24, 2.45) is 0 Å². The number of β-amino-alcohol motifs (C(OH)–C–C–N with tert-alkyl or cyclic N) is 1. The minimum atomic E-state index is -0.608. The molecule has 0 unspecified atom stereocenters. The molecule has 9 nitrogen and oxygen atoms in total. The molecule has 38 heavy (non-hydrogen) atoms. The number of hydrogen-bond donors (Lipinski definition) is 3. The maximum atomic E-state index is 12.7. The molecule has 1 aliphatic rings. The van der Waals surface area contributed by atoms with Crippen LogP contribution in [0.15, 0.2) is 73.1 Å². The lowest BCUT2D eigenvalue weighted by atomic mass is 10.2. The van der Waals surface area contributed by atoms with E-state index in [0.29, 0.717) is 25.5 Å². The zero-order chi connectivity index (χ0) is 26.3. The normalized spacial score (nSPS) is 17.1. The van der Waals surface area contributed by atoms with Gasteiger partial charge >= 0.3 is 0 Å². The standard InChI is InChI=1S/C28H30N6O3S/c1-19-10-11-29-26(12-19)33-25-9-5-8-21(32-25)24-14-31-27(38-24)17-37-18-28(36)34-15-22(23(35)16-34)30-13-20-6-3-2-4-7-20/h2-12,14,22-23,30,35H,13,15-18H2,1H3,(H,29,32,33)/t22-,23-/m0/s1. The molecule has 4 heterocycles. The van der Waals surface area contributed by atoms with Gasteiger partial charge < -0.3 is 25.4 Å². The van der Waals surface area contributed by atoms with E-state index in [2.05, 4.69) is 25.6 Å². The molecule has 1 aliphatic heterocycles. The van der Waals surface area contributed by atoms with Crippen LogP contribution in [0, 0.1) is 6.92 Å². The molecule has 0 spiro atoms. The number of hydrogen-bond acceptors (Lipinski definition) is 9. The van der Waals surface area contributed by atoms with Gasteiger partial charge in [-0.2, -0.15) is 0 Å². The fourth-order valence-electron chi connectivity index (χ4n) is 4.23. The summed E-state index contributed by atoms with van der Waals surface area (Å²) in [5.74, 6) is 1.29. The van der Waals surface area contributed by atoms with Gasteiger partial charge in [0.2, 0.25) is 5.91 Å². The molecule has 3 aromatic heterocycles. The van der Waals surface area contributed by atoms with Crippen LogP contribution >= 0.6 is 11.3 Å². The number of pyridine rings is 2. The second-order valence-electron chi connectivity index (χ2n) is 9.20. The van der Waals surface area contributed by atoms with Crippen molar-refractivity contribution in [2.75, 3.05) is 25.0 Å². The van der Waals surface area contributed by atoms with Gasteiger partial charge in [-0.25, -0.2) is 15.0 Å². The molecule has 5 rings (SSSR count). The maximum Gasteiger partial charge on any atom is 0.248 e. The van der Waals surface area contributed by atoms with E-state index >= 15 is 0 Å². The van der Waals surface area contributed by atoms with Crippen LogP contribution in [0.25, 0.3) is 10.6 Å². The van der Waals surface area contributed by atoms with Crippen LogP contribution in [0.2, 0.25) is 0 Å². The Kier molecular flexibility index (Phi) is 8.34. The van der Waals surface area contributed by atoms with Crippen LogP contribution in [0.3, 0.4) is 0 Å². The molecular formula is C28H30N6O3S. The van der Waals surface area contributed by atoms with Gasteiger partial charge in [-0.1, -0.05) is 36.4 Å². The van der Waals surface area contributed by atoms with E-state index in [1.807, 2.05) is 67.6 Å². The first-order valence-electron chi connectivity index (χ1n) is 12.5. The van der Waals surface area contributed by atoms with Gasteiger partial charge in [0.1, 0.15) is 23.3 Å². The van der Waals surface area contributed by atoms with E-state index in [9.17, 15) is 9.90 Å². The zero-order valence-electron chi connectivity index (χ0n) is 21.1. The van der Waals surface area contributed by atoms with E-state index < -0.39 is 6.10 Å². The summed E-state index contributed by atoms with van der Waals surface area (Å²) in [6.45, 7) is 3.57. The van der Waals surface area contributed by atoms with Crippen molar-refractivity contribution in [2.45, 2.75) is 32.2 Å². The fraction of sp³-hybridized carbons (Fsp3) is 0.286. The number of nitrogens with zero attached hydrogens (tertiary/aromatic N) is 4. The first kappa shape index (κ1) is 25.9. The van der Waals surface area contributed by atoms with Crippen LogP contribution in [-0.2, 0) is 22.7 Å². The molecule has 0 bridgehead atoms. The lowest BCUT2D eigenvalue weighted by Gasteiger charge is -2.17. The summed E-state index contributed by atoms with van der Waals surface area (Å²) in [6, 6.07) is 19.5. The first-order valence-corrected chi connectivity index (χ1v) is 13.3. The number of benzene rings is 1. The van der Waals surface area contributed by atoms with E-state index in [4.69, 9.17) is 4.74 Å². The average molecular weight is 531 g/mol. The lowest BCUT2D eigenvalue weighted by Crippen LogP contribution is -2.39. The second kappa shape index (κ2) is 12.2. The number of rotatable bonds is 10. The van der Waals surface area contributed by atoms with E-state index in [0.717, 1.165) is 32.5 Å². The Bertz CT molecular complexity index is 1370. The predicted octanol–water partition coefficient (Wildman–Crippen LogP) is 3.53. The smallest absolute Gasteiger partial charge is 0.248 e. The predicted molar refractivity (Wildman–Crippen MR) is 147 cm³/mol. The quantitative estimate of drug-likeness (QED) is 0.286. The molecular weight excluding hydrogens is 500 g/mol. The van der Waals surface area contributed by atoms with E-state index in [-0.39, 0.29) is 25.2 Å². The van der Waals surface area contributed by atoms with Gasteiger partial charge in [-0.3, -0.25) is 4.79 Å². The number of aromatic nitrogens is 3. The van der Waals surface area contributed by atoms with Crippen molar-refractivity contribution >= 4 is 28.9 Å². The molecule has 0 radical (unpaired) electrons. The number of aliphatic hydroxyl groups excluding tert-OH is 1. The number of carbonyl (C=O) groups is 1. The number of anilines is 2. The summed E-state index contributed by atoms with van der Waals surface area (Å²) in [7, 11) is 0. The highest BCUT2D eigenvalue weighted by Crippen LogP contribution is 2.26. The highest BCUT2D eigenvalue weighted by Gasteiger charge is 2.33. The Morgan fingerprint density at radius 3 is 2.82 bits per heavy atom. The van der Waals surface area contributed by atoms with Crippen molar-refractivity contribution in [3.8, 4) is 10.6 Å². The Morgan fingerprint density at radius 2 is 1.97 bits per heavy atom. The van der Waals surface area contributed by atoms with Gasteiger partial charge in [0.25, 0.3) is 0 Å². The van der Waals surface area contributed by atoms with Crippen LogP contribution in [0.4, 0.5) is 11.6 Å². The molecule has 1 amide bonds. The minimum Gasteiger partial charge on any atom is -0.390 e. The van der Waals surface area contributed by atoms with Crippen LogP contribution in [0.5, 0.6) is 0 Å². The molecule has 0 aliphatic carbocycles. The fourth-order valence-corrected chi connectivity index (χ4v) is 5.05. The summed E-state index contributed by atoms with van der Waals surface area (Å²) < 4.78 is 5.67.